The van der Waals surface area contributed by atoms with Crippen molar-refractivity contribution in [2.45, 2.75) is 13.5 Å². The summed E-state index contributed by atoms with van der Waals surface area (Å²) in [4.78, 5) is 5.57. The first-order valence-electron chi connectivity index (χ1n) is 6.20. The topological polar surface area (TPSA) is 63.8 Å². The Bertz CT molecular complexity index is 703. The lowest BCUT2D eigenvalue weighted by Gasteiger charge is -2.05. The first kappa shape index (κ1) is 13.1. The Hall–Kier alpha value is -1.92. The fourth-order valence-corrected chi connectivity index (χ4v) is 3.40. The standard InChI is InChI=1S/C14H14N4S2/c1-9-7-16-11(19-9)8-17-14-12(13(15)18-20-14)10-5-3-2-4-6-10/h2-7,17H,8H2,1H3,(H2,15,18). The minimum absolute atomic E-state index is 0.569. The number of aromatic nitrogens is 2. The first-order valence-corrected chi connectivity index (χ1v) is 7.79. The Balaban J connectivity index is 1.84. The van der Waals surface area contributed by atoms with Crippen molar-refractivity contribution in [2.75, 3.05) is 11.1 Å². The summed E-state index contributed by atoms with van der Waals surface area (Å²) in [6.07, 6.45) is 1.89. The van der Waals surface area contributed by atoms with Crippen LogP contribution in [0.3, 0.4) is 0 Å². The molecule has 4 nitrogen and oxygen atoms in total. The van der Waals surface area contributed by atoms with E-state index in [1.165, 1.54) is 16.4 Å². The molecule has 20 heavy (non-hydrogen) atoms. The van der Waals surface area contributed by atoms with Gasteiger partial charge in [-0.25, -0.2) is 4.98 Å². The first-order chi connectivity index (χ1) is 9.74. The summed E-state index contributed by atoms with van der Waals surface area (Å²) >= 11 is 3.08. The smallest absolute Gasteiger partial charge is 0.147 e. The second kappa shape index (κ2) is 5.60. The summed E-state index contributed by atoms with van der Waals surface area (Å²) in [5.41, 5.74) is 8.05. The van der Waals surface area contributed by atoms with Crippen LogP contribution in [0, 0.1) is 6.92 Å². The molecular weight excluding hydrogens is 288 g/mol. The van der Waals surface area contributed by atoms with E-state index in [1.54, 1.807) is 11.3 Å². The van der Waals surface area contributed by atoms with Crippen molar-refractivity contribution < 1.29 is 0 Å². The van der Waals surface area contributed by atoms with E-state index in [2.05, 4.69) is 21.6 Å². The number of anilines is 2. The maximum atomic E-state index is 5.99. The number of aryl methyl sites for hydroxylation is 1. The van der Waals surface area contributed by atoms with Crippen molar-refractivity contribution in [3.63, 3.8) is 0 Å². The summed E-state index contributed by atoms with van der Waals surface area (Å²) in [6, 6.07) is 10.1. The zero-order chi connectivity index (χ0) is 13.9. The van der Waals surface area contributed by atoms with Gasteiger partial charge < -0.3 is 11.1 Å². The van der Waals surface area contributed by atoms with E-state index in [1.807, 2.05) is 36.5 Å². The Labute approximate surface area is 125 Å². The van der Waals surface area contributed by atoms with Gasteiger partial charge in [-0.1, -0.05) is 30.3 Å². The largest absolute Gasteiger partial charge is 0.382 e. The summed E-state index contributed by atoms with van der Waals surface area (Å²) in [7, 11) is 0. The third-order valence-electron chi connectivity index (χ3n) is 2.85. The van der Waals surface area contributed by atoms with Gasteiger partial charge in [0.1, 0.15) is 15.8 Å². The summed E-state index contributed by atoms with van der Waals surface area (Å²) in [5, 5.41) is 5.44. The van der Waals surface area contributed by atoms with Crippen molar-refractivity contribution in [3.8, 4) is 11.1 Å². The molecule has 3 rings (SSSR count). The third kappa shape index (κ3) is 2.66. The molecule has 0 radical (unpaired) electrons. The molecule has 102 valence electrons. The molecule has 6 heteroatoms. The molecule has 1 aromatic carbocycles. The molecule has 0 fully saturated rings. The van der Waals surface area contributed by atoms with E-state index >= 15 is 0 Å². The van der Waals surface area contributed by atoms with Crippen LogP contribution in [0.1, 0.15) is 9.88 Å². The maximum absolute atomic E-state index is 5.99. The van der Waals surface area contributed by atoms with E-state index in [9.17, 15) is 0 Å². The molecular formula is C14H14N4S2. The van der Waals surface area contributed by atoms with Crippen LogP contribution in [0.5, 0.6) is 0 Å². The summed E-state index contributed by atoms with van der Waals surface area (Å²) in [6.45, 7) is 2.75. The minimum atomic E-state index is 0.569. The molecule has 0 amide bonds. The molecule has 0 atom stereocenters. The number of thiazole rings is 1. The van der Waals surface area contributed by atoms with Gasteiger partial charge in [-0.15, -0.1) is 11.3 Å². The quantitative estimate of drug-likeness (QED) is 0.770. The second-order valence-electron chi connectivity index (χ2n) is 4.36. The predicted octanol–water partition coefficient (Wildman–Crippen LogP) is 3.77. The number of hydrogen-bond donors (Lipinski definition) is 2. The van der Waals surface area contributed by atoms with Gasteiger partial charge in [-0.05, 0) is 24.0 Å². The van der Waals surface area contributed by atoms with E-state index < -0.39 is 0 Å². The average molecular weight is 302 g/mol. The zero-order valence-electron chi connectivity index (χ0n) is 11.0. The number of nitrogens with two attached hydrogens (primary N) is 1. The second-order valence-corrected chi connectivity index (χ2v) is 6.45. The van der Waals surface area contributed by atoms with Gasteiger partial charge in [0.25, 0.3) is 0 Å². The molecule has 3 N–H and O–H groups in total. The predicted molar refractivity (Wildman–Crippen MR) is 86.1 cm³/mol. The van der Waals surface area contributed by atoms with Crippen molar-refractivity contribution in [1.29, 1.82) is 0 Å². The molecule has 0 unspecified atom stereocenters. The highest BCUT2D eigenvalue weighted by molar-refractivity contribution is 7.12. The lowest BCUT2D eigenvalue weighted by atomic mass is 10.1. The van der Waals surface area contributed by atoms with Crippen molar-refractivity contribution >= 4 is 33.7 Å². The Kier molecular flexibility index (Phi) is 3.66. The van der Waals surface area contributed by atoms with Crippen LogP contribution in [0.4, 0.5) is 10.8 Å². The van der Waals surface area contributed by atoms with Crippen LogP contribution in [0.25, 0.3) is 11.1 Å². The molecule has 0 aliphatic heterocycles. The van der Waals surface area contributed by atoms with Crippen LogP contribution >= 0.6 is 22.9 Å². The molecule has 0 saturated carbocycles. The van der Waals surface area contributed by atoms with Crippen LogP contribution in [-0.2, 0) is 6.54 Å². The number of rotatable bonds is 4. The molecule has 0 aliphatic carbocycles. The molecule has 2 heterocycles. The van der Waals surface area contributed by atoms with Crippen molar-refractivity contribution in [2.24, 2.45) is 0 Å². The molecule has 3 aromatic rings. The van der Waals surface area contributed by atoms with Crippen LogP contribution in [-0.4, -0.2) is 9.36 Å². The van der Waals surface area contributed by atoms with Gasteiger partial charge in [0, 0.05) is 11.1 Å². The van der Waals surface area contributed by atoms with Gasteiger partial charge in [-0.2, -0.15) is 4.37 Å². The van der Waals surface area contributed by atoms with E-state index in [4.69, 9.17) is 5.73 Å². The highest BCUT2D eigenvalue weighted by atomic mass is 32.1. The maximum Gasteiger partial charge on any atom is 0.147 e. The van der Waals surface area contributed by atoms with E-state index in [-0.39, 0.29) is 0 Å². The average Bonchev–Trinajstić information content (AvgIpc) is 3.03. The van der Waals surface area contributed by atoms with E-state index in [0.717, 1.165) is 21.1 Å². The highest BCUT2D eigenvalue weighted by Gasteiger charge is 2.13. The number of nitrogens with one attached hydrogen (secondary N) is 1. The van der Waals surface area contributed by atoms with Gasteiger partial charge in [-0.3, -0.25) is 0 Å². The van der Waals surface area contributed by atoms with E-state index in [0.29, 0.717) is 12.4 Å². The number of nitrogen functional groups attached to an aromatic ring is 1. The third-order valence-corrected chi connectivity index (χ3v) is 4.58. The van der Waals surface area contributed by atoms with Gasteiger partial charge in [0.05, 0.1) is 12.1 Å². The molecule has 0 spiro atoms. The van der Waals surface area contributed by atoms with Crippen molar-refractivity contribution in [1.82, 2.24) is 9.36 Å². The summed E-state index contributed by atoms with van der Waals surface area (Å²) in [5.74, 6) is 0.569. The van der Waals surface area contributed by atoms with Gasteiger partial charge >= 0.3 is 0 Å². The van der Waals surface area contributed by atoms with Crippen molar-refractivity contribution in [3.05, 3.63) is 46.4 Å². The van der Waals surface area contributed by atoms with Crippen LogP contribution < -0.4 is 11.1 Å². The lowest BCUT2D eigenvalue weighted by Crippen LogP contribution is -1.98. The number of nitrogens with zero attached hydrogens (tertiary/aromatic N) is 2. The fourth-order valence-electron chi connectivity index (χ4n) is 1.95. The minimum Gasteiger partial charge on any atom is -0.382 e. The van der Waals surface area contributed by atoms with Crippen LogP contribution in [0.15, 0.2) is 36.5 Å². The Morgan fingerprint density at radius 3 is 2.75 bits per heavy atom. The lowest BCUT2D eigenvalue weighted by molar-refractivity contribution is 1.11. The Morgan fingerprint density at radius 1 is 1.25 bits per heavy atom. The van der Waals surface area contributed by atoms with Gasteiger partial charge in [0.15, 0.2) is 0 Å². The molecule has 0 aliphatic rings. The van der Waals surface area contributed by atoms with Gasteiger partial charge in [0.2, 0.25) is 0 Å². The monoisotopic (exact) mass is 302 g/mol. The normalized spacial score (nSPS) is 10.7. The summed E-state index contributed by atoms with van der Waals surface area (Å²) < 4.78 is 4.25. The number of hydrogen-bond acceptors (Lipinski definition) is 6. The molecule has 2 aromatic heterocycles. The molecule has 0 saturated heterocycles. The zero-order valence-corrected chi connectivity index (χ0v) is 12.6. The highest BCUT2D eigenvalue weighted by Crippen LogP contribution is 2.36. The Morgan fingerprint density at radius 2 is 2.05 bits per heavy atom. The molecule has 0 bridgehead atoms. The fraction of sp³-hybridized carbons (Fsp3) is 0.143. The SMILES string of the molecule is Cc1cnc(CNc2snc(N)c2-c2ccccc2)s1. The van der Waals surface area contributed by atoms with Crippen LogP contribution in [0.2, 0.25) is 0 Å². The number of benzene rings is 1.